The Morgan fingerprint density at radius 1 is 1.03 bits per heavy atom. The Kier molecular flexibility index (Phi) is 6.62. The van der Waals surface area contributed by atoms with Crippen LogP contribution in [0.5, 0.6) is 0 Å². The molecule has 184 valence electrons. The number of hydrogen-bond acceptors (Lipinski definition) is 5. The van der Waals surface area contributed by atoms with Crippen molar-refractivity contribution in [3.63, 3.8) is 0 Å². The summed E-state index contributed by atoms with van der Waals surface area (Å²) in [7, 11) is 0. The summed E-state index contributed by atoms with van der Waals surface area (Å²) in [5, 5.41) is 12.0. The summed E-state index contributed by atoms with van der Waals surface area (Å²) in [5.74, 6) is 0.0208. The number of carbonyl (C=O) groups is 2. The van der Waals surface area contributed by atoms with Gasteiger partial charge in [-0.05, 0) is 52.0 Å². The Morgan fingerprint density at radius 2 is 1.76 bits per heavy atom. The number of rotatable bonds is 7. The summed E-state index contributed by atoms with van der Waals surface area (Å²) in [4.78, 5) is 29.7. The number of likely N-dealkylation sites (tertiary alicyclic amines) is 1. The first kappa shape index (κ1) is 23.3. The number of aromatic nitrogens is 2. The normalized spacial score (nSPS) is 27.5. The molecule has 1 aromatic carbocycles. The van der Waals surface area contributed by atoms with Crippen LogP contribution in [-0.2, 0) is 4.79 Å². The van der Waals surface area contributed by atoms with E-state index in [1.807, 2.05) is 28.9 Å². The molecule has 4 atom stereocenters. The lowest BCUT2D eigenvalue weighted by Crippen LogP contribution is -2.52. The monoisotopic (exact) mass is 466 g/mol. The van der Waals surface area contributed by atoms with Crippen LogP contribution in [0, 0.1) is 0 Å². The van der Waals surface area contributed by atoms with Gasteiger partial charge in [-0.3, -0.25) is 24.1 Å². The summed E-state index contributed by atoms with van der Waals surface area (Å²) in [6, 6.07) is 9.81. The van der Waals surface area contributed by atoms with Gasteiger partial charge in [0, 0.05) is 68.7 Å². The fourth-order valence-corrected chi connectivity index (χ4v) is 6.36. The van der Waals surface area contributed by atoms with Crippen LogP contribution in [0.3, 0.4) is 0 Å². The molecule has 2 aromatic rings. The fourth-order valence-electron chi connectivity index (χ4n) is 6.36. The Balaban J connectivity index is 1.17. The maximum Gasteiger partial charge on any atom is 0.272 e. The van der Waals surface area contributed by atoms with Crippen LogP contribution in [0.25, 0.3) is 10.9 Å². The lowest BCUT2D eigenvalue weighted by atomic mass is 9.97. The molecule has 2 amide bonds. The third-order valence-electron chi connectivity index (χ3n) is 7.89. The molecule has 34 heavy (non-hydrogen) atoms. The van der Waals surface area contributed by atoms with Gasteiger partial charge < -0.3 is 10.6 Å². The second-order valence-corrected chi connectivity index (χ2v) is 10.7. The van der Waals surface area contributed by atoms with Crippen LogP contribution in [0.2, 0.25) is 0 Å². The lowest BCUT2D eigenvalue weighted by Gasteiger charge is -2.39. The van der Waals surface area contributed by atoms with E-state index in [1.165, 1.54) is 12.8 Å². The van der Waals surface area contributed by atoms with Gasteiger partial charge in [-0.15, -0.1) is 0 Å². The molecule has 2 bridgehead atoms. The SMILES string of the molecule is CC(=O)NC1CCN(CCN2[C@@H]3CC[C@H]2CC(NC(=O)c2nn(C(C)C)c4ccccc24)C3)C1. The zero-order chi connectivity index (χ0) is 23.8. The summed E-state index contributed by atoms with van der Waals surface area (Å²) >= 11 is 0. The van der Waals surface area contributed by atoms with Crippen LogP contribution < -0.4 is 10.6 Å². The molecule has 3 aliphatic heterocycles. The number of benzene rings is 1. The van der Waals surface area contributed by atoms with E-state index in [4.69, 9.17) is 0 Å². The number of hydrogen-bond donors (Lipinski definition) is 2. The third kappa shape index (κ3) is 4.70. The predicted molar refractivity (Wildman–Crippen MR) is 133 cm³/mol. The van der Waals surface area contributed by atoms with Crippen molar-refractivity contribution in [3.05, 3.63) is 30.0 Å². The molecule has 0 radical (unpaired) electrons. The van der Waals surface area contributed by atoms with Gasteiger partial charge in [0.1, 0.15) is 0 Å². The van der Waals surface area contributed by atoms with Gasteiger partial charge in [-0.1, -0.05) is 18.2 Å². The molecule has 4 heterocycles. The van der Waals surface area contributed by atoms with Crippen molar-refractivity contribution in [1.29, 1.82) is 0 Å². The highest BCUT2D eigenvalue weighted by Gasteiger charge is 2.41. The first-order valence-corrected chi connectivity index (χ1v) is 12.9. The minimum Gasteiger partial charge on any atom is -0.352 e. The van der Waals surface area contributed by atoms with Gasteiger partial charge in [-0.25, -0.2) is 0 Å². The number of piperidine rings is 1. The number of amides is 2. The van der Waals surface area contributed by atoms with Crippen LogP contribution in [-0.4, -0.2) is 81.7 Å². The standard InChI is InChI=1S/C26H38N6O2/c1-17(2)32-24-7-5-4-6-23(24)25(29-32)26(34)28-20-14-21-8-9-22(15-20)31(21)13-12-30-11-10-19(16-30)27-18(3)33/h4-7,17,19-22H,8-16H2,1-3H3,(H,27,33)(H,28,34)/t19?,20?,21-,22+. The topological polar surface area (TPSA) is 82.5 Å². The van der Waals surface area contributed by atoms with Crippen molar-refractivity contribution >= 4 is 22.7 Å². The molecule has 8 heteroatoms. The number of carbonyl (C=O) groups excluding carboxylic acids is 2. The maximum absolute atomic E-state index is 13.2. The molecule has 0 saturated carbocycles. The average molecular weight is 467 g/mol. The van der Waals surface area contributed by atoms with E-state index < -0.39 is 0 Å². The molecule has 1 aromatic heterocycles. The van der Waals surface area contributed by atoms with Gasteiger partial charge >= 0.3 is 0 Å². The zero-order valence-electron chi connectivity index (χ0n) is 20.7. The molecule has 2 N–H and O–H groups in total. The second kappa shape index (κ2) is 9.66. The molecule has 3 fully saturated rings. The molecule has 0 aliphatic carbocycles. The first-order chi connectivity index (χ1) is 16.4. The van der Waals surface area contributed by atoms with Gasteiger partial charge in [-0.2, -0.15) is 5.10 Å². The molecule has 2 unspecified atom stereocenters. The second-order valence-electron chi connectivity index (χ2n) is 10.7. The number of para-hydroxylation sites is 1. The zero-order valence-corrected chi connectivity index (χ0v) is 20.7. The number of nitrogens with zero attached hydrogens (tertiary/aromatic N) is 4. The van der Waals surface area contributed by atoms with E-state index >= 15 is 0 Å². The minimum absolute atomic E-state index is 0.0467. The summed E-state index contributed by atoms with van der Waals surface area (Å²) in [6.45, 7) is 9.93. The summed E-state index contributed by atoms with van der Waals surface area (Å²) in [5.41, 5.74) is 1.56. The van der Waals surface area contributed by atoms with Crippen molar-refractivity contribution in [2.24, 2.45) is 0 Å². The van der Waals surface area contributed by atoms with Crippen molar-refractivity contribution in [2.45, 2.75) is 83.1 Å². The Bertz CT molecular complexity index is 1040. The Morgan fingerprint density at radius 3 is 2.47 bits per heavy atom. The van der Waals surface area contributed by atoms with E-state index in [2.05, 4.69) is 39.4 Å². The van der Waals surface area contributed by atoms with E-state index in [0.29, 0.717) is 23.8 Å². The Hall–Kier alpha value is -2.45. The van der Waals surface area contributed by atoms with Gasteiger partial charge in [0.25, 0.3) is 5.91 Å². The van der Waals surface area contributed by atoms with E-state index in [1.54, 1.807) is 6.92 Å². The Labute approximate surface area is 202 Å². The van der Waals surface area contributed by atoms with Crippen molar-refractivity contribution in [1.82, 2.24) is 30.2 Å². The molecular formula is C26H38N6O2. The minimum atomic E-state index is -0.0467. The van der Waals surface area contributed by atoms with Crippen molar-refractivity contribution in [2.75, 3.05) is 26.2 Å². The van der Waals surface area contributed by atoms with Crippen molar-refractivity contribution < 1.29 is 9.59 Å². The van der Waals surface area contributed by atoms with Gasteiger partial charge in [0.2, 0.25) is 5.91 Å². The largest absolute Gasteiger partial charge is 0.352 e. The highest BCUT2D eigenvalue weighted by Crippen LogP contribution is 2.36. The smallest absolute Gasteiger partial charge is 0.272 e. The number of nitrogens with one attached hydrogen (secondary N) is 2. The quantitative estimate of drug-likeness (QED) is 0.655. The highest BCUT2D eigenvalue weighted by atomic mass is 16.2. The molecule has 5 rings (SSSR count). The van der Waals surface area contributed by atoms with Crippen LogP contribution in [0.4, 0.5) is 0 Å². The third-order valence-corrected chi connectivity index (χ3v) is 7.89. The molecule has 0 spiro atoms. The predicted octanol–water partition coefficient (Wildman–Crippen LogP) is 2.55. The summed E-state index contributed by atoms with van der Waals surface area (Å²) in [6.07, 6.45) is 5.51. The van der Waals surface area contributed by atoms with Gasteiger partial charge in [0.05, 0.1) is 5.52 Å². The lowest BCUT2D eigenvalue weighted by molar-refractivity contribution is -0.119. The molecule has 8 nitrogen and oxygen atoms in total. The van der Waals surface area contributed by atoms with Crippen molar-refractivity contribution in [3.8, 4) is 0 Å². The van der Waals surface area contributed by atoms with E-state index in [9.17, 15) is 9.59 Å². The van der Waals surface area contributed by atoms with Crippen LogP contribution in [0.15, 0.2) is 24.3 Å². The molecular weight excluding hydrogens is 428 g/mol. The molecule has 3 aliphatic rings. The molecule has 3 saturated heterocycles. The summed E-state index contributed by atoms with van der Waals surface area (Å²) < 4.78 is 1.95. The number of fused-ring (bicyclic) bond motifs is 3. The van der Waals surface area contributed by atoms with E-state index in [-0.39, 0.29) is 23.9 Å². The van der Waals surface area contributed by atoms with Crippen LogP contribution >= 0.6 is 0 Å². The van der Waals surface area contributed by atoms with Crippen LogP contribution in [0.1, 0.15) is 69.4 Å². The maximum atomic E-state index is 13.2. The first-order valence-electron chi connectivity index (χ1n) is 12.9. The highest BCUT2D eigenvalue weighted by molar-refractivity contribution is 6.05. The van der Waals surface area contributed by atoms with E-state index in [0.717, 1.165) is 56.3 Å². The van der Waals surface area contributed by atoms with Gasteiger partial charge in [0.15, 0.2) is 5.69 Å². The fraction of sp³-hybridized carbons (Fsp3) is 0.654. The average Bonchev–Trinajstić information content (AvgIpc) is 3.46.